The summed E-state index contributed by atoms with van der Waals surface area (Å²) >= 11 is 7.55. The predicted molar refractivity (Wildman–Crippen MR) is 101 cm³/mol. The van der Waals surface area contributed by atoms with Crippen LogP contribution in [0.25, 0.3) is 0 Å². The van der Waals surface area contributed by atoms with E-state index >= 15 is 0 Å². The Bertz CT molecular complexity index is 637. The smallest absolute Gasteiger partial charge is 0.205 e. The van der Waals surface area contributed by atoms with Gasteiger partial charge in [-0.15, -0.1) is 10.2 Å². The molecule has 1 saturated heterocycles. The molecule has 1 aromatic carbocycles. The summed E-state index contributed by atoms with van der Waals surface area (Å²) in [5.74, 6) is 0. The number of nitrogens with zero attached hydrogens (tertiary/aromatic N) is 4. The van der Waals surface area contributed by atoms with Crippen LogP contribution in [0.5, 0.6) is 0 Å². The molecule has 130 valence electrons. The Morgan fingerprint density at radius 2 is 1.88 bits per heavy atom. The van der Waals surface area contributed by atoms with Crippen molar-refractivity contribution in [2.24, 2.45) is 0 Å². The lowest BCUT2D eigenvalue weighted by atomic mass is 10.2. The maximum Gasteiger partial charge on any atom is 0.205 e. The second-order valence-electron chi connectivity index (χ2n) is 6.37. The van der Waals surface area contributed by atoms with Crippen molar-refractivity contribution in [1.82, 2.24) is 20.0 Å². The van der Waals surface area contributed by atoms with Gasteiger partial charge < -0.3 is 10.2 Å². The molecule has 2 heterocycles. The number of nitrogens with one attached hydrogen (secondary N) is 1. The molecule has 0 bridgehead atoms. The van der Waals surface area contributed by atoms with Crippen molar-refractivity contribution in [3.05, 3.63) is 39.9 Å². The van der Waals surface area contributed by atoms with E-state index in [0.717, 1.165) is 54.3 Å². The van der Waals surface area contributed by atoms with Crippen LogP contribution in [-0.4, -0.2) is 65.8 Å². The largest absolute Gasteiger partial charge is 0.359 e. The Morgan fingerprint density at radius 1 is 1.17 bits per heavy atom. The number of piperazine rings is 1. The van der Waals surface area contributed by atoms with Gasteiger partial charge in [0, 0.05) is 50.2 Å². The highest BCUT2D eigenvalue weighted by atomic mass is 35.5. The van der Waals surface area contributed by atoms with Gasteiger partial charge in [0.2, 0.25) is 5.13 Å². The topological polar surface area (TPSA) is 44.3 Å². The highest BCUT2D eigenvalue weighted by Gasteiger charge is 2.19. The second-order valence-corrected chi connectivity index (χ2v) is 7.87. The summed E-state index contributed by atoms with van der Waals surface area (Å²) in [6.45, 7) is 7.74. The molecular formula is C17H24ClN5S. The van der Waals surface area contributed by atoms with Crippen LogP contribution in [0.1, 0.15) is 17.5 Å². The molecular weight excluding hydrogens is 342 g/mol. The molecule has 0 radical (unpaired) electrons. The minimum Gasteiger partial charge on any atom is -0.359 e. The standard InChI is InChI=1S/C17H24ClN5S/c1-13(23-9-7-22(2)8-10-23)12-19-17-21-20-16(24-17)11-14-3-5-15(18)6-4-14/h3-6,13H,7-12H2,1-2H3,(H,19,21). The monoisotopic (exact) mass is 365 g/mol. The first-order valence-corrected chi connectivity index (χ1v) is 9.53. The number of halogens is 1. The van der Waals surface area contributed by atoms with E-state index in [-0.39, 0.29) is 0 Å². The van der Waals surface area contributed by atoms with Crippen LogP contribution in [0, 0.1) is 0 Å². The van der Waals surface area contributed by atoms with Gasteiger partial charge in [-0.2, -0.15) is 0 Å². The number of hydrogen-bond donors (Lipinski definition) is 1. The molecule has 0 aliphatic carbocycles. The predicted octanol–water partition coefficient (Wildman–Crippen LogP) is 2.83. The fourth-order valence-electron chi connectivity index (χ4n) is 2.80. The molecule has 1 aliphatic heterocycles. The molecule has 2 aromatic rings. The van der Waals surface area contributed by atoms with Gasteiger partial charge in [-0.25, -0.2) is 0 Å². The first kappa shape index (κ1) is 17.6. The molecule has 1 atom stereocenters. The van der Waals surface area contributed by atoms with Crippen LogP contribution in [-0.2, 0) is 6.42 Å². The van der Waals surface area contributed by atoms with Crippen molar-refractivity contribution in [3.8, 4) is 0 Å². The number of aromatic nitrogens is 2. The fraction of sp³-hybridized carbons (Fsp3) is 0.529. The summed E-state index contributed by atoms with van der Waals surface area (Å²) in [6.07, 6.45) is 0.796. The molecule has 1 unspecified atom stereocenters. The van der Waals surface area contributed by atoms with Gasteiger partial charge in [0.05, 0.1) is 0 Å². The van der Waals surface area contributed by atoms with Crippen LogP contribution in [0.2, 0.25) is 5.02 Å². The van der Waals surface area contributed by atoms with Crippen molar-refractivity contribution in [2.75, 3.05) is 45.1 Å². The molecule has 1 fully saturated rings. The molecule has 24 heavy (non-hydrogen) atoms. The molecule has 1 N–H and O–H groups in total. The Labute approximate surface area is 152 Å². The summed E-state index contributed by atoms with van der Waals surface area (Å²) in [5.41, 5.74) is 1.20. The highest BCUT2D eigenvalue weighted by molar-refractivity contribution is 7.15. The van der Waals surface area contributed by atoms with Crippen molar-refractivity contribution >= 4 is 28.1 Å². The van der Waals surface area contributed by atoms with E-state index in [0.29, 0.717) is 6.04 Å². The third-order valence-corrected chi connectivity index (χ3v) is 5.58. The van der Waals surface area contributed by atoms with Crippen LogP contribution in [0.4, 0.5) is 5.13 Å². The minimum atomic E-state index is 0.502. The van der Waals surface area contributed by atoms with E-state index in [4.69, 9.17) is 11.6 Å². The van der Waals surface area contributed by atoms with Crippen molar-refractivity contribution < 1.29 is 0 Å². The lowest BCUT2D eigenvalue weighted by Crippen LogP contribution is -2.49. The van der Waals surface area contributed by atoms with E-state index in [1.54, 1.807) is 11.3 Å². The van der Waals surface area contributed by atoms with Crippen molar-refractivity contribution in [2.45, 2.75) is 19.4 Å². The lowest BCUT2D eigenvalue weighted by Gasteiger charge is -2.36. The zero-order valence-corrected chi connectivity index (χ0v) is 15.8. The van der Waals surface area contributed by atoms with Crippen molar-refractivity contribution in [1.29, 1.82) is 0 Å². The van der Waals surface area contributed by atoms with Gasteiger partial charge in [0.25, 0.3) is 0 Å². The number of anilines is 1. The van der Waals surface area contributed by atoms with Crippen LogP contribution in [0.15, 0.2) is 24.3 Å². The zero-order valence-electron chi connectivity index (χ0n) is 14.2. The van der Waals surface area contributed by atoms with E-state index in [2.05, 4.69) is 39.3 Å². The van der Waals surface area contributed by atoms with Gasteiger partial charge in [-0.05, 0) is 31.7 Å². The zero-order chi connectivity index (χ0) is 16.9. The Kier molecular flexibility index (Phi) is 6.05. The Hall–Kier alpha value is -1.21. The number of rotatable bonds is 6. The number of likely N-dealkylation sites (N-methyl/N-ethyl adjacent to an activating group) is 1. The molecule has 0 saturated carbocycles. The van der Waals surface area contributed by atoms with E-state index in [1.165, 1.54) is 5.56 Å². The molecule has 0 spiro atoms. The van der Waals surface area contributed by atoms with Crippen molar-refractivity contribution in [3.63, 3.8) is 0 Å². The lowest BCUT2D eigenvalue weighted by molar-refractivity contribution is 0.123. The maximum absolute atomic E-state index is 5.92. The second kappa shape index (κ2) is 8.25. The Morgan fingerprint density at radius 3 is 2.58 bits per heavy atom. The minimum absolute atomic E-state index is 0.502. The summed E-state index contributed by atoms with van der Waals surface area (Å²) in [4.78, 5) is 4.91. The summed E-state index contributed by atoms with van der Waals surface area (Å²) < 4.78 is 0. The van der Waals surface area contributed by atoms with E-state index in [1.807, 2.05) is 24.3 Å². The highest BCUT2D eigenvalue weighted by Crippen LogP contribution is 2.20. The molecule has 1 aromatic heterocycles. The van der Waals surface area contributed by atoms with E-state index in [9.17, 15) is 0 Å². The van der Waals surface area contributed by atoms with Gasteiger partial charge >= 0.3 is 0 Å². The van der Waals surface area contributed by atoms with Crippen LogP contribution < -0.4 is 5.32 Å². The average Bonchev–Trinajstić information content (AvgIpc) is 3.03. The van der Waals surface area contributed by atoms with Gasteiger partial charge in [0.15, 0.2) is 0 Å². The van der Waals surface area contributed by atoms with Crippen LogP contribution >= 0.6 is 22.9 Å². The average molecular weight is 366 g/mol. The van der Waals surface area contributed by atoms with Gasteiger partial charge in [-0.1, -0.05) is 35.1 Å². The quantitative estimate of drug-likeness (QED) is 0.852. The fourth-order valence-corrected chi connectivity index (χ4v) is 3.71. The first-order valence-electron chi connectivity index (χ1n) is 8.33. The molecule has 5 nitrogen and oxygen atoms in total. The SMILES string of the molecule is CC(CNc1nnc(Cc2ccc(Cl)cc2)s1)N1CCN(C)CC1. The molecule has 3 rings (SSSR count). The summed E-state index contributed by atoms with van der Waals surface area (Å²) in [5, 5.41) is 14.7. The third kappa shape index (κ3) is 4.89. The molecule has 1 aliphatic rings. The molecule has 7 heteroatoms. The Balaban J connectivity index is 1.48. The first-order chi connectivity index (χ1) is 11.6. The summed E-state index contributed by atoms with van der Waals surface area (Å²) in [6, 6.07) is 8.39. The van der Waals surface area contributed by atoms with E-state index < -0.39 is 0 Å². The number of benzene rings is 1. The van der Waals surface area contributed by atoms with Gasteiger partial charge in [-0.3, -0.25) is 4.90 Å². The normalized spacial score (nSPS) is 17.8. The summed E-state index contributed by atoms with van der Waals surface area (Å²) in [7, 11) is 2.18. The molecule has 0 amide bonds. The van der Waals surface area contributed by atoms with Crippen LogP contribution in [0.3, 0.4) is 0 Å². The maximum atomic E-state index is 5.92. The van der Waals surface area contributed by atoms with Gasteiger partial charge in [0.1, 0.15) is 5.01 Å². The third-order valence-electron chi connectivity index (χ3n) is 4.45. The number of hydrogen-bond acceptors (Lipinski definition) is 6.